The molecule has 32 heavy (non-hydrogen) atoms. The summed E-state index contributed by atoms with van der Waals surface area (Å²) >= 11 is 0. The van der Waals surface area contributed by atoms with Crippen molar-refractivity contribution in [1.82, 2.24) is 35.2 Å². The number of rotatable bonds is 9. The van der Waals surface area contributed by atoms with E-state index in [1.54, 1.807) is 6.33 Å². The molecule has 2 N–H and O–H groups in total. The highest BCUT2D eigenvalue weighted by molar-refractivity contribution is 5.80. The molecule has 0 unspecified atom stereocenters. The van der Waals surface area contributed by atoms with Gasteiger partial charge in [-0.15, -0.1) is 10.2 Å². The highest BCUT2D eigenvalue weighted by Crippen LogP contribution is 2.23. The van der Waals surface area contributed by atoms with Crippen molar-refractivity contribution in [2.45, 2.75) is 71.9 Å². The molecule has 0 radical (unpaired) electrons. The zero-order valence-corrected chi connectivity index (χ0v) is 20.2. The summed E-state index contributed by atoms with van der Waals surface area (Å²) in [4.78, 5) is 21.7. The van der Waals surface area contributed by atoms with Gasteiger partial charge in [-0.1, -0.05) is 26.2 Å². The van der Waals surface area contributed by atoms with Crippen LogP contribution in [0.3, 0.4) is 0 Å². The van der Waals surface area contributed by atoms with E-state index in [4.69, 9.17) is 4.99 Å². The Hall–Kier alpha value is -2.16. The van der Waals surface area contributed by atoms with E-state index in [1.807, 2.05) is 13.8 Å². The Labute approximate surface area is 193 Å². The SMILES string of the molecule is CCc1nncn1CCNC(=NCC1CCCCC1)N1CCN(CC(=O)NC(C)C)CC1. The van der Waals surface area contributed by atoms with Gasteiger partial charge in [0.1, 0.15) is 12.2 Å². The van der Waals surface area contributed by atoms with Crippen LogP contribution in [0, 0.1) is 5.92 Å². The first-order valence-electron chi connectivity index (χ1n) is 12.5. The van der Waals surface area contributed by atoms with Gasteiger partial charge in [0.25, 0.3) is 0 Å². The van der Waals surface area contributed by atoms with Gasteiger partial charge in [0.2, 0.25) is 5.91 Å². The monoisotopic (exact) mass is 446 g/mol. The Balaban J connectivity index is 1.53. The van der Waals surface area contributed by atoms with Crippen LogP contribution in [0.25, 0.3) is 0 Å². The molecule has 1 aliphatic carbocycles. The summed E-state index contributed by atoms with van der Waals surface area (Å²) in [5, 5.41) is 14.8. The summed E-state index contributed by atoms with van der Waals surface area (Å²) in [6, 6.07) is 0.186. The smallest absolute Gasteiger partial charge is 0.234 e. The second-order valence-electron chi connectivity index (χ2n) is 9.37. The highest BCUT2D eigenvalue weighted by Gasteiger charge is 2.22. The molecular formula is C23H42N8O. The average molecular weight is 447 g/mol. The maximum Gasteiger partial charge on any atom is 0.234 e. The Morgan fingerprint density at radius 3 is 2.62 bits per heavy atom. The highest BCUT2D eigenvalue weighted by atomic mass is 16.2. The number of carbonyl (C=O) groups is 1. The van der Waals surface area contributed by atoms with Crippen LogP contribution < -0.4 is 10.6 Å². The predicted octanol–water partition coefficient (Wildman–Crippen LogP) is 1.51. The van der Waals surface area contributed by atoms with E-state index < -0.39 is 0 Å². The minimum Gasteiger partial charge on any atom is -0.354 e. The number of aromatic nitrogens is 3. The quantitative estimate of drug-likeness (QED) is 0.441. The van der Waals surface area contributed by atoms with E-state index in [9.17, 15) is 4.79 Å². The lowest BCUT2D eigenvalue weighted by molar-refractivity contribution is -0.123. The van der Waals surface area contributed by atoms with Crippen molar-refractivity contribution in [2.75, 3.05) is 45.8 Å². The Morgan fingerprint density at radius 2 is 1.94 bits per heavy atom. The lowest BCUT2D eigenvalue weighted by atomic mass is 9.89. The van der Waals surface area contributed by atoms with Gasteiger partial charge in [-0.3, -0.25) is 14.7 Å². The van der Waals surface area contributed by atoms with Gasteiger partial charge in [0.05, 0.1) is 6.54 Å². The normalized spacial score (nSPS) is 18.9. The van der Waals surface area contributed by atoms with E-state index in [-0.39, 0.29) is 11.9 Å². The van der Waals surface area contributed by atoms with Crippen molar-refractivity contribution in [1.29, 1.82) is 0 Å². The molecule has 0 bridgehead atoms. The molecule has 1 saturated carbocycles. The van der Waals surface area contributed by atoms with Crippen molar-refractivity contribution in [3.8, 4) is 0 Å². The largest absolute Gasteiger partial charge is 0.354 e. The second-order valence-corrected chi connectivity index (χ2v) is 9.37. The first kappa shape index (κ1) is 24.5. The fourth-order valence-electron chi connectivity index (χ4n) is 4.57. The van der Waals surface area contributed by atoms with Gasteiger partial charge in [-0.2, -0.15) is 0 Å². The number of piperazine rings is 1. The summed E-state index contributed by atoms with van der Waals surface area (Å²) < 4.78 is 2.11. The van der Waals surface area contributed by atoms with E-state index in [0.29, 0.717) is 12.5 Å². The van der Waals surface area contributed by atoms with Crippen LogP contribution >= 0.6 is 0 Å². The van der Waals surface area contributed by atoms with Crippen molar-refractivity contribution in [3.05, 3.63) is 12.2 Å². The minimum absolute atomic E-state index is 0.110. The summed E-state index contributed by atoms with van der Waals surface area (Å²) in [5.74, 6) is 2.85. The number of nitrogens with one attached hydrogen (secondary N) is 2. The summed E-state index contributed by atoms with van der Waals surface area (Å²) in [7, 11) is 0. The third-order valence-electron chi connectivity index (χ3n) is 6.36. The number of hydrogen-bond acceptors (Lipinski definition) is 5. The predicted molar refractivity (Wildman–Crippen MR) is 128 cm³/mol. The molecule has 1 saturated heterocycles. The molecule has 9 heteroatoms. The first-order valence-corrected chi connectivity index (χ1v) is 12.5. The molecule has 9 nitrogen and oxygen atoms in total. The summed E-state index contributed by atoms with van der Waals surface area (Å²) in [6.45, 7) is 12.6. The molecule has 3 rings (SSSR count). The van der Waals surface area contributed by atoms with Crippen molar-refractivity contribution in [2.24, 2.45) is 10.9 Å². The van der Waals surface area contributed by atoms with Crippen molar-refractivity contribution >= 4 is 11.9 Å². The molecule has 1 amide bonds. The summed E-state index contributed by atoms with van der Waals surface area (Å²) in [6.07, 6.45) is 9.35. The van der Waals surface area contributed by atoms with E-state index in [0.717, 1.165) is 64.0 Å². The van der Waals surface area contributed by atoms with Crippen LogP contribution in [0.5, 0.6) is 0 Å². The fourth-order valence-corrected chi connectivity index (χ4v) is 4.57. The van der Waals surface area contributed by atoms with E-state index in [2.05, 4.69) is 42.1 Å². The standard InChI is InChI=1S/C23H42N8O/c1-4-21-28-26-18-31(21)11-10-24-23(25-16-20-8-6-5-7-9-20)30-14-12-29(13-15-30)17-22(32)27-19(2)3/h18-20H,4-17H2,1-3H3,(H,24,25)(H,27,32). The third kappa shape index (κ3) is 7.76. The molecule has 0 atom stereocenters. The van der Waals surface area contributed by atoms with Crippen LogP contribution in [0.1, 0.15) is 58.7 Å². The number of carbonyl (C=O) groups excluding carboxylic acids is 1. The molecule has 180 valence electrons. The Morgan fingerprint density at radius 1 is 1.19 bits per heavy atom. The first-order chi connectivity index (χ1) is 15.5. The molecular weight excluding hydrogens is 404 g/mol. The maximum absolute atomic E-state index is 12.1. The zero-order valence-electron chi connectivity index (χ0n) is 20.2. The molecule has 2 aliphatic rings. The average Bonchev–Trinajstić information content (AvgIpc) is 3.24. The topological polar surface area (TPSA) is 90.7 Å². The van der Waals surface area contributed by atoms with E-state index in [1.165, 1.54) is 32.1 Å². The fraction of sp³-hybridized carbons (Fsp3) is 0.826. The molecule has 1 aromatic rings. The minimum atomic E-state index is 0.110. The van der Waals surface area contributed by atoms with Crippen LogP contribution in [-0.2, 0) is 17.8 Å². The van der Waals surface area contributed by atoms with Crippen LogP contribution in [0.4, 0.5) is 0 Å². The molecule has 0 spiro atoms. The van der Waals surface area contributed by atoms with Gasteiger partial charge in [0.15, 0.2) is 5.96 Å². The van der Waals surface area contributed by atoms with Crippen molar-refractivity contribution < 1.29 is 4.79 Å². The number of aryl methyl sites for hydroxylation is 1. The lowest BCUT2D eigenvalue weighted by Gasteiger charge is -2.36. The van der Waals surface area contributed by atoms with Crippen LogP contribution in [0.15, 0.2) is 11.3 Å². The number of guanidine groups is 1. The molecule has 1 aromatic heterocycles. The van der Waals surface area contributed by atoms with Crippen LogP contribution in [-0.4, -0.2) is 88.3 Å². The molecule has 1 aliphatic heterocycles. The van der Waals surface area contributed by atoms with Crippen molar-refractivity contribution in [3.63, 3.8) is 0 Å². The number of nitrogens with zero attached hydrogens (tertiary/aromatic N) is 6. The van der Waals surface area contributed by atoms with Gasteiger partial charge in [-0.25, -0.2) is 0 Å². The van der Waals surface area contributed by atoms with Gasteiger partial charge in [-0.05, 0) is 32.6 Å². The third-order valence-corrected chi connectivity index (χ3v) is 6.36. The number of hydrogen-bond donors (Lipinski definition) is 2. The Kier molecular flexibility index (Phi) is 9.77. The van der Waals surface area contributed by atoms with Gasteiger partial charge >= 0.3 is 0 Å². The number of aliphatic imine (C=N–C) groups is 1. The van der Waals surface area contributed by atoms with E-state index >= 15 is 0 Å². The molecule has 0 aromatic carbocycles. The zero-order chi connectivity index (χ0) is 22.8. The second kappa shape index (κ2) is 12.8. The summed E-state index contributed by atoms with van der Waals surface area (Å²) in [5.41, 5.74) is 0. The Bertz CT molecular complexity index is 717. The van der Waals surface area contributed by atoms with Gasteiger partial charge < -0.3 is 20.1 Å². The molecule has 2 heterocycles. The van der Waals surface area contributed by atoms with Crippen LogP contribution in [0.2, 0.25) is 0 Å². The lowest BCUT2D eigenvalue weighted by Crippen LogP contribution is -2.54. The maximum atomic E-state index is 12.1. The molecule has 2 fully saturated rings. The number of amides is 1. The van der Waals surface area contributed by atoms with Gasteiger partial charge in [0, 0.05) is 58.3 Å².